The van der Waals surface area contributed by atoms with Crippen LogP contribution >= 0.6 is 0 Å². The Morgan fingerprint density at radius 1 is 1.32 bits per heavy atom. The van der Waals surface area contributed by atoms with Crippen LogP contribution in [0.25, 0.3) is 10.9 Å². The van der Waals surface area contributed by atoms with Crippen molar-refractivity contribution in [1.82, 2.24) is 14.8 Å². The molecule has 1 atom stereocenters. The monoisotopic (exact) mass is 338 g/mol. The normalized spacial score (nSPS) is 12.1. The summed E-state index contributed by atoms with van der Waals surface area (Å²) in [6.45, 7) is 5.11. The van der Waals surface area contributed by atoms with Crippen LogP contribution in [0.4, 0.5) is 5.82 Å². The Morgan fingerprint density at radius 3 is 2.96 bits per heavy atom. The molecular formula is C19H22N4O2. The Balaban J connectivity index is 1.67. The molecule has 2 aromatic heterocycles. The van der Waals surface area contributed by atoms with Gasteiger partial charge >= 0.3 is 5.97 Å². The van der Waals surface area contributed by atoms with Crippen LogP contribution in [0.2, 0.25) is 0 Å². The summed E-state index contributed by atoms with van der Waals surface area (Å²) in [6, 6.07) is 11.6. The van der Waals surface area contributed by atoms with E-state index in [-0.39, 0.29) is 12.0 Å². The largest absolute Gasteiger partial charge is 0.462 e. The third-order valence-electron chi connectivity index (χ3n) is 4.06. The highest BCUT2D eigenvalue weighted by atomic mass is 16.5. The van der Waals surface area contributed by atoms with Crippen LogP contribution in [0, 0.1) is 0 Å². The van der Waals surface area contributed by atoms with E-state index in [1.54, 1.807) is 25.4 Å². The Morgan fingerprint density at radius 2 is 2.20 bits per heavy atom. The molecule has 6 nitrogen and oxygen atoms in total. The first-order valence-corrected chi connectivity index (χ1v) is 8.48. The molecule has 0 saturated carbocycles. The second-order valence-corrected chi connectivity index (χ2v) is 5.86. The average molecular weight is 338 g/mol. The van der Waals surface area contributed by atoms with Crippen LogP contribution in [-0.4, -0.2) is 33.9 Å². The molecule has 25 heavy (non-hydrogen) atoms. The van der Waals surface area contributed by atoms with Gasteiger partial charge in [0.15, 0.2) is 0 Å². The first-order valence-electron chi connectivity index (χ1n) is 8.48. The van der Waals surface area contributed by atoms with E-state index in [1.807, 2.05) is 35.0 Å². The number of benzene rings is 1. The van der Waals surface area contributed by atoms with E-state index >= 15 is 0 Å². The fourth-order valence-electron chi connectivity index (χ4n) is 2.74. The Labute approximate surface area is 146 Å². The van der Waals surface area contributed by atoms with Crippen molar-refractivity contribution in [3.8, 4) is 0 Å². The predicted octanol–water partition coefficient (Wildman–Crippen LogP) is 3.67. The van der Waals surface area contributed by atoms with Crippen LogP contribution in [-0.2, 0) is 4.74 Å². The zero-order chi connectivity index (χ0) is 17.6. The van der Waals surface area contributed by atoms with E-state index in [2.05, 4.69) is 22.3 Å². The second kappa shape index (κ2) is 7.79. The maximum absolute atomic E-state index is 11.8. The quantitative estimate of drug-likeness (QED) is 0.666. The summed E-state index contributed by atoms with van der Waals surface area (Å²) in [5.74, 6) is 0.573. The third kappa shape index (κ3) is 3.96. The standard InChI is InChI=1S/C19H22N4O2/c1-3-25-19(24)15-7-8-17-16(12-15)13-22-23(17)14(2)9-11-21-18-6-4-5-10-20-18/h4-8,10,12-14H,3,9,11H2,1-2H3,(H,20,21). The van der Waals surface area contributed by atoms with Crippen molar-refractivity contribution in [2.45, 2.75) is 26.3 Å². The molecule has 0 aliphatic carbocycles. The number of rotatable bonds is 7. The molecule has 6 heteroatoms. The van der Waals surface area contributed by atoms with Gasteiger partial charge in [-0.05, 0) is 50.6 Å². The Hall–Kier alpha value is -2.89. The molecule has 0 radical (unpaired) electrons. The summed E-state index contributed by atoms with van der Waals surface area (Å²) in [5, 5.41) is 8.74. The molecule has 0 saturated heterocycles. The van der Waals surface area contributed by atoms with Crippen molar-refractivity contribution in [1.29, 1.82) is 0 Å². The maximum atomic E-state index is 11.8. The van der Waals surface area contributed by atoms with Crippen molar-refractivity contribution in [3.05, 3.63) is 54.4 Å². The number of nitrogens with zero attached hydrogens (tertiary/aromatic N) is 3. The molecule has 0 spiro atoms. The summed E-state index contributed by atoms with van der Waals surface area (Å²) in [4.78, 5) is 16.1. The Kier molecular flexibility index (Phi) is 5.28. The molecule has 1 aromatic carbocycles. The van der Waals surface area contributed by atoms with Crippen LogP contribution in [0.1, 0.15) is 36.7 Å². The van der Waals surface area contributed by atoms with Crippen LogP contribution in [0.5, 0.6) is 0 Å². The van der Waals surface area contributed by atoms with Gasteiger partial charge in [0, 0.05) is 18.1 Å². The van der Waals surface area contributed by atoms with Gasteiger partial charge in [0.05, 0.1) is 29.9 Å². The molecule has 1 N–H and O–H groups in total. The van der Waals surface area contributed by atoms with Gasteiger partial charge in [-0.3, -0.25) is 4.68 Å². The molecular weight excluding hydrogens is 316 g/mol. The van der Waals surface area contributed by atoms with E-state index in [4.69, 9.17) is 4.74 Å². The van der Waals surface area contributed by atoms with E-state index < -0.39 is 0 Å². The van der Waals surface area contributed by atoms with E-state index in [1.165, 1.54) is 0 Å². The summed E-state index contributed by atoms with van der Waals surface area (Å²) < 4.78 is 7.04. The molecule has 0 fully saturated rings. The van der Waals surface area contributed by atoms with Gasteiger partial charge in [0.1, 0.15) is 5.82 Å². The van der Waals surface area contributed by atoms with Crippen LogP contribution in [0.3, 0.4) is 0 Å². The fraction of sp³-hybridized carbons (Fsp3) is 0.316. The number of carbonyl (C=O) groups excluding carboxylic acids is 1. The molecule has 130 valence electrons. The second-order valence-electron chi connectivity index (χ2n) is 5.86. The molecule has 0 aliphatic rings. The number of anilines is 1. The van der Waals surface area contributed by atoms with Crippen molar-refractivity contribution in [3.63, 3.8) is 0 Å². The summed E-state index contributed by atoms with van der Waals surface area (Å²) in [6.07, 6.45) is 4.47. The maximum Gasteiger partial charge on any atom is 0.338 e. The van der Waals surface area contributed by atoms with E-state index in [0.717, 1.165) is 29.7 Å². The molecule has 0 amide bonds. The van der Waals surface area contributed by atoms with Gasteiger partial charge in [-0.1, -0.05) is 6.07 Å². The topological polar surface area (TPSA) is 69.0 Å². The minimum Gasteiger partial charge on any atom is -0.462 e. The fourth-order valence-corrected chi connectivity index (χ4v) is 2.74. The predicted molar refractivity (Wildman–Crippen MR) is 97.7 cm³/mol. The number of hydrogen-bond acceptors (Lipinski definition) is 5. The van der Waals surface area contributed by atoms with Crippen molar-refractivity contribution < 1.29 is 9.53 Å². The lowest BCUT2D eigenvalue weighted by Crippen LogP contribution is -2.13. The molecule has 0 aliphatic heterocycles. The number of carbonyl (C=O) groups is 1. The number of nitrogens with one attached hydrogen (secondary N) is 1. The highest BCUT2D eigenvalue weighted by Gasteiger charge is 2.13. The number of esters is 1. The van der Waals surface area contributed by atoms with Gasteiger partial charge in [0.2, 0.25) is 0 Å². The summed E-state index contributed by atoms with van der Waals surface area (Å²) in [5.41, 5.74) is 1.57. The van der Waals surface area contributed by atoms with Gasteiger partial charge in [-0.2, -0.15) is 5.10 Å². The molecule has 2 heterocycles. The van der Waals surface area contributed by atoms with Crippen molar-refractivity contribution in [2.75, 3.05) is 18.5 Å². The lowest BCUT2D eigenvalue weighted by atomic mass is 10.1. The van der Waals surface area contributed by atoms with E-state index in [9.17, 15) is 4.79 Å². The van der Waals surface area contributed by atoms with Gasteiger partial charge in [0.25, 0.3) is 0 Å². The minimum absolute atomic E-state index is 0.224. The smallest absolute Gasteiger partial charge is 0.338 e. The molecule has 1 unspecified atom stereocenters. The van der Waals surface area contributed by atoms with Gasteiger partial charge in [-0.25, -0.2) is 9.78 Å². The van der Waals surface area contributed by atoms with Crippen molar-refractivity contribution in [2.24, 2.45) is 0 Å². The first kappa shape index (κ1) is 17.0. The number of hydrogen-bond donors (Lipinski definition) is 1. The zero-order valence-electron chi connectivity index (χ0n) is 14.5. The third-order valence-corrected chi connectivity index (χ3v) is 4.06. The first-order chi connectivity index (χ1) is 12.2. The molecule has 0 bridgehead atoms. The lowest BCUT2D eigenvalue weighted by molar-refractivity contribution is 0.0526. The van der Waals surface area contributed by atoms with Crippen molar-refractivity contribution >= 4 is 22.7 Å². The molecule has 3 aromatic rings. The zero-order valence-corrected chi connectivity index (χ0v) is 14.5. The number of pyridine rings is 1. The highest BCUT2D eigenvalue weighted by Crippen LogP contribution is 2.21. The summed E-state index contributed by atoms with van der Waals surface area (Å²) in [7, 11) is 0. The van der Waals surface area contributed by atoms with Gasteiger partial charge < -0.3 is 10.1 Å². The number of aromatic nitrogens is 3. The Bertz CT molecular complexity index is 845. The molecule has 3 rings (SSSR count). The number of fused-ring (bicyclic) bond motifs is 1. The van der Waals surface area contributed by atoms with E-state index in [0.29, 0.717) is 12.2 Å². The SMILES string of the molecule is CCOC(=O)c1ccc2c(cnn2C(C)CCNc2ccccn2)c1. The van der Waals surface area contributed by atoms with Crippen LogP contribution < -0.4 is 5.32 Å². The minimum atomic E-state index is -0.301. The summed E-state index contributed by atoms with van der Waals surface area (Å²) >= 11 is 0. The van der Waals surface area contributed by atoms with Gasteiger partial charge in [-0.15, -0.1) is 0 Å². The highest BCUT2D eigenvalue weighted by molar-refractivity contribution is 5.94. The van der Waals surface area contributed by atoms with Crippen LogP contribution in [0.15, 0.2) is 48.8 Å². The lowest BCUT2D eigenvalue weighted by Gasteiger charge is -2.14. The number of ether oxygens (including phenoxy) is 1. The average Bonchev–Trinajstić information content (AvgIpc) is 3.06.